The first-order chi connectivity index (χ1) is 15.6. The number of hydrogen-bond donors (Lipinski definition) is 2. The Kier molecular flexibility index (Phi) is 6.42. The van der Waals surface area contributed by atoms with Crippen LogP contribution in [-0.4, -0.2) is 52.2 Å². The molecule has 174 valence electrons. The molecule has 1 aliphatic heterocycles. The standard InChI is InChI=1S/C22H22BrF3N6O/c1-12-3-4-15(29-21(33)32-6-5-13(11-32)9-22(24,25)26)8-16(12)17-7-14-10-28-20(27-2)31-19(14)30-18(17)23/h3-4,7-8,10,13H,5-6,9,11H2,1-2H3,(H,29,33)(H,27,28,30,31)/t13-/m0/s1. The molecule has 1 aromatic carbocycles. The average Bonchev–Trinajstić information content (AvgIpc) is 3.21. The summed E-state index contributed by atoms with van der Waals surface area (Å²) in [6.07, 6.45) is -3.06. The maximum atomic E-state index is 12.7. The molecule has 0 radical (unpaired) electrons. The number of anilines is 2. The molecule has 1 aliphatic rings. The van der Waals surface area contributed by atoms with Crippen molar-refractivity contribution >= 4 is 44.6 Å². The Labute approximate surface area is 196 Å². The van der Waals surface area contributed by atoms with Crippen molar-refractivity contribution in [2.75, 3.05) is 30.8 Å². The molecule has 0 spiro atoms. The molecule has 0 aliphatic carbocycles. The number of carbonyl (C=O) groups is 1. The highest BCUT2D eigenvalue weighted by molar-refractivity contribution is 9.10. The zero-order valence-electron chi connectivity index (χ0n) is 18.0. The van der Waals surface area contributed by atoms with Crippen LogP contribution in [0.2, 0.25) is 0 Å². The van der Waals surface area contributed by atoms with E-state index in [0.717, 1.165) is 22.1 Å². The zero-order valence-corrected chi connectivity index (χ0v) is 19.6. The molecular weight excluding hydrogens is 501 g/mol. The van der Waals surface area contributed by atoms with Gasteiger partial charge in [-0.25, -0.2) is 14.8 Å². The second kappa shape index (κ2) is 9.12. The van der Waals surface area contributed by atoms with Crippen molar-refractivity contribution in [2.45, 2.75) is 25.9 Å². The molecule has 11 heteroatoms. The van der Waals surface area contributed by atoms with Gasteiger partial charge in [0.05, 0.1) is 0 Å². The normalized spacial score (nSPS) is 16.3. The number of nitrogens with zero attached hydrogens (tertiary/aromatic N) is 4. The van der Waals surface area contributed by atoms with Crippen LogP contribution in [0.5, 0.6) is 0 Å². The van der Waals surface area contributed by atoms with Crippen molar-refractivity contribution in [1.29, 1.82) is 0 Å². The second-order valence-corrected chi connectivity index (χ2v) is 8.81. The zero-order chi connectivity index (χ0) is 23.8. The minimum Gasteiger partial charge on any atom is -0.357 e. The summed E-state index contributed by atoms with van der Waals surface area (Å²) in [6.45, 7) is 2.35. The molecule has 3 aromatic rings. The third-order valence-electron chi connectivity index (χ3n) is 5.62. The van der Waals surface area contributed by atoms with Gasteiger partial charge in [0.1, 0.15) is 4.60 Å². The number of amides is 2. The van der Waals surface area contributed by atoms with E-state index in [-0.39, 0.29) is 6.54 Å². The number of urea groups is 1. The first kappa shape index (κ1) is 23.2. The predicted molar refractivity (Wildman–Crippen MR) is 124 cm³/mol. The van der Waals surface area contributed by atoms with Crippen molar-refractivity contribution < 1.29 is 18.0 Å². The van der Waals surface area contributed by atoms with E-state index in [9.17, 15) is 18.0 Å². The number of carbonyl (C=O) groups excluding carboxylic acids is 1. The van der Waals surface area contributed by atoms with Gasteiger partial charge in [-0.05, 0) is 64.5 Å². The van der Waals surface area contributed by atoms with Gasteiger partial charge in [0.15, 0.2) is 5.65 Å². The minimum atomic E-state index is -4.22. The summed E-state index contributed by atoms with van der Waals surface area (Å²) in [5, 5.41) is 6.45. The van der Waals surface area contributed by atoms with E-state index < -0.39 is 24.5 Å². The van der Waals surface area contributed by atoms with Gasteiger partial charge in [-0.2, -0.15) is 18.2 Å². The highest BCUT2D eigenvalue weighted by Crippen LogP contribution is 2.34. The molecule has 0 saturated carbocycles. The summed E-state index contributed by atoms with van der Waals surface area (Å²) < 4.78 is 38.6. The Morgan fingerprint density at radius 1 is 1.24 bits per heavy atom. The van der Waals surface area contributed by atoms with Crippen LogP contribution in [-0.2, 0) is 0 Å². The van der Waals surface area contributed by atoms with Crippen LogP contribution in [0.3, 0.4) is 0 Å². The largest absolute Gasteiger partial charge is 0.389 e. The maximum Gasteiger partial charge on any atom is 0.389 e. The number of likely N-dealkylation sites (tertiary alicyclic amines) is 1. The summed E-state index contributed by atoms with van der Waals surface area (Å²) in [6, 6.07) is 6.98. The third kappa shape index (κ3) is 5.35. The van der Waals surface area contributed by atoms with E-state index in [0.29, 0.717) is 34.9 Å². The van der Waals surface area contributed by atoms with Gasteiger partial charge < -0.3 is 15.5 Å². The monoisotopic (exact) mass is 522 g/mol. The molecule has 2 N–H and O–H groups in total. The fourth-order valence-electron chi connectivity index (χ4n) is 3.95. The Bertz CT molecular complexity index is 1200. The first-order valence-electron chi connectivity index (χ1n) is 10.4. The van der Waals surface area contributed by atoms with Gasteiger partial charge in [-0.15, -0.1) is 0 Å². The molecule has 1 fully saturated rings. The predicted octanol–water partition coefficient (Wildman–Crippen LogP) is 5.61. The summed E-state index contributed by atoms with van der Waals surface area (Å²) in [4.78, 5) is 27.2. The van der Waals surface area contributed by atoms with Gasteiger partial charge in [0.25, 0.3) is 0 Å². The van der Waals surface area contributed by atoms with E-state index in [1.165, 1.54) is 4.90 Å². The van der Waals surface area contributed by atoms with E-state index in [2.05, 4.69) is 41.5 Å². The Morgan fingerprint density at radius 3 is 2.76 bits per heavy atom. The lowest BCUT2D eigenvalue weighted by Gasteiger charge is -2.19. The highest BCUT2D eigenvalue weighted by Gasteiger charge is 2.36. The molecular formula is C22H22BrF3N6O. The molecule has 33 heavy (non-hydrogen) atoms. The topological polar surface area (TPSA) is 83.0 Å². The lowest BCUT2D eigenvalue weighted by Crippen LogP contribution is -2.33. The molecule has 2 aromatic heterocycles. The van der Waals surface area contributed by atoms with Gasteiger partial charge in [0.2, 0.25) is 5.95 Å². The smallest absolute Gasteiger partial charge is 0.357 e. The number of rotatable bonds is 4. The Hall–Kier alpha value is -2.95. The summed E-state index contributed by atoms with van der Waals surface area (Å²) in [7, 11) is 1.73. The molecule has 2 amide bonds. The fraction of sp³-hybridized carbons (Fsp3) is 0.364. The molecule has 0 unspecified atom stereocenters. The number of alkyl halides is 3. The number of pyridine rings is 1. The van der Waals surface area contributed by atoms with Crippen molar-refractivity contribution in [1.82, 2.24) is 19.9 Å². The third-order valence-corrected chi connectivity index (χ3v) is 6.22. The minimum absolute atomic E-state index is 0.0960. The molecule has 1 saturated heterocycles. The molecule has 4 rings (SSSR count). The summed E-state index contributed by atoms with van der Waals surface area (Å²) >= 11 is 3.52. The van der Waals surface area contributed by atoms with Crippen LogP contribution in [0.1, 0.15) is 18.4 Å². The van der Waals surface area contributed by atoms with E-state index in [1.54, 1.807) is 19.3 Å². The second-order valence-electron chi connectivity index (χ2n) is 8.06. The lowest BCUT2D eigenvalue weighted by molar-refractivity contribution is -0.143. The average molecular weight is 523 g/mol. The maximum absolute atomic E-state index is 12.7. The van der Waals surface area contributed by atoms with Crippen molar-refractivity contribution in [2.24, 2.45) is 5.92 Å². The quantitative estimate of drug-likeness (QED) is 0.435. The van der Waals surface area contributed by atoms with Crippen LogP contribution in [0.15, 0.2) is 35.1 Å². The number of hydrogen-bond acceptors (Lipinski definition) is 5. The highest BCUT2D eigenvalue weighted by atomic mass is 79.9. The van der Waals surface area contributed by atoms with E-state index >= 15 is 0 Å². The van der Waals surface area contributed by atoms with Crippen molar-refractivity contribution in [3.63, 3.8) is 0 Å². The molecule has 7 nitrogen and oxygen atoms in total. The number of nitrogens with one attached hydrogen (secondary N) is 2. The lowest BCUT2D eigenvalue weighted by atomic mass is 10.0. The van der Waals surface area contributed by atoms with Crippen LogP contribution < -0.4 is 10.6 Å². The van der Waals surface area contributed by atoms with Gasteiger partial charge in [-0.1, -0.05) is 6.07 Å². The summed E-state index contributed by atoms with van der Waals surface area (Å²) in [5.74, 6) is -0.0930. The number of aryl methyl sites for hydroxylation is 1. The molecule has 1 atom stereocenters. The Morgan fingerprint density at radius 2 is 2.03 bits per heavy atom. The van der Waals surface area contributed by atoms with Crippen molar-refractivity contribution in [3.05, 3.63) is 40.6 Å². The fourth-order valence-corrected chi connectivity index (χ4v) is 4.45. The molecule has 3 heterocycles. The van der Waals surface area contributed by atoms with Gasteiger partial charge in [-0.3, -0.25) is 0 Å². The SMILES string of the molecule is CNc1ncc2cc(-c3cc(NC(=O)N4CC[C@@H](CC(F)(F)F)C4)ccc3C)c(Br)nc2n1. The Balaban J connectivity index is 1.55. The summed E-state index contributed by atoms with van der Waals surface area (Å²) in [5.41, 5.74) is 3.71. The van der Waals surface area contributed by atoms with Gasteiger partial charge >= 0.3 is 12.2 Å². The van der Waals surface area contributed by atoms with E-state index in [1.807, 2.05) is 25.1 Å². The number of benzene rings is 1. The van der Waals surface area contributed by atoms with Gasteiger partial charge in [0, 0.05) is 49.4 Å². The number of aromatic nitrogens is 3. The van der Waals surface area contributed by atoms with E-state index in [4.69, 9.17) is 0 Å². The first-order valence-corrected chi connectivity index (χ1v) is 11.2. The number of fused-ring (bicyclic) bond motifs is 1. The van der Waals surface area contributed by atoms with Crippen LogP contribution >= 0.6 is 15.9 Å². The number of halogens is 4. The van der Waals surface area contributed by atoms with Crippen LogP contribution in [0, 0.1) is 12.8 Å². The molecule has 0 bridgehead atoms. The van der Waals surface area contributed by atoms with Crippen molar-refractivity contribution in [3.8, 4) is 11.1 Å². The van der Waals surface area contributed by atoms with Crippen LogP contribution in [0.25, 0.3) is 22.2 Å². The van der Waals surface area contributed by atoms with Crippen LogP contribution in [0.4, 0.5) is 29.6 Å².